The highest BCUT2D eigenvalue weighted by Crippen LogP contribution is 2.30. The summed E-state index contributed by atoms with van der Waals surface area (Å²) in [5, 5.41) is 3.67. The van der Waals surface area contributed by atoms with E-state index < -0.39 is 5.60 Å². The summed E-state index contributed by atoms with van der Waals surface area (Å²) in [5.41, 5.74) is 2.01. The third-order valence-electron chi connectivity index (χ3n) is 7.29. The molecule has 7 nitrogen and oxygen atoms in total. The average molecular weight is 546 g/mol. The Morgan fingerprint density at radius 2 is 1.79 bits per heavy atom. The number of amides is 2. The number of hydrogen-bond donors (Lipinski definition) is 1. The highest BCUT2D eigenvalue weighted by molar-refractivity contribution is 6.32. The maximum Gasteiger partial charge on any atom is 0.225 e. The Morgan fingerprint density at radius 1 is 1.13 bits per heavy atom. The molecule has 206 valence electrons. The minimum atomic E-state index is -0.842. The molecule has 0 aromatic heterocycles. The summed E-state index contributed by atoms with van der Waals surface area (Å²) in [6.45, 7) is 9.08. The van der Waals surface area contributed by atoms with Crippen LogP contribution in [0.15, 0.2) is 36.4 Å². The molecule has 0 saturated carbocycles. The standard InChI is InChI=1S/C29H37ClFN3O4/c1-20-14-26(15-21(2)28(20)30)37-19-29(16-27(36)34-10-8-25(9-11-34)32-22(3)35)18-33(12-13-38-29)17-23-4-6-24(31)7-5-23/h4-7,14-15,25H,8-13,16-19H2,1-3H3,(H,32,35)/t29-/m1/s1. The molecule has 2 aromatic carbocycles. The number of piperidine rings is 1. The first kappa shape index (κ1) is 28.3. The van der Waals surface area contributed by atoms with Crippen molar-refractivity contribution in [1.82, 2.24) is 15.1 Å². The lowest BCUT2D eigenvalue weighted by Crippen LogP contribution is -2.57. The van der Waals surface area contributed by atoms with Gasteiger partial charge >= 0.3 is 0 Å². The Balaban J connectivity index is 1.48. The summed E-state index contributed by atoms with van der Waals surface area (Å²) in [5.74, 6) is 0.392. The summed E-state index contributed by atoms with van der Waals surface area (Å²) in [7, 11) is 0. The van der Waals surface area contributed by atoms with Gasteiger partial charge in [0.05, 0.1) is 13.0 Å². The molecule has 2 heterocycles. The molecule has 2 aliphatic rings. The molecule has 0 radical (unpaired) electrons. The van der Waals surface area contributed by atoms with E-state index in [0.29, 0.717) is 50.1 Å². The lowest BCUT2D eigenvalue weighted by molar-refractivity contribution is -0.157. The monoisotopic (exact) mass is 545 g/mol. The summed E-state index contributed by atoms with van der Waals surface area (Å²) >= 11 is 6.34. The highest BCUT2D eigenvalue weighted by atomic mass is 35.5. The van der Waals surface area contributed by atoms with Crippen molar-refractivity contribution in [3.8, 4) is 5.75 Å². The van der Waals surface area contributed by atoms with Gasteiger partial charge in [-0.15, -0.1) is 0 Å². The first-order valence-corrected chi connectivity index (χ1v) is 13.6. The van der Waals surface area contributed by atoms with Crippen molar-refractivity contribution in [2.75, 3.05) is 39.4 Å². The number of ether oxygens (including phenoxy) is 2. The molecule has 0 spiro atoms. The second-order valence-corrected chi connectivity index (χ2v) is 10.9. The van der Waals surface area contributed by atoms with Crippen LogP contribution in [0.2, 0.25) is 5.02 Å². The van der Waals surface area contributed by atoms with E-state index in [1.165, 1.54) is 19.1 Å². The second-order valence-electron chi connectivity index (χ2n) is 10.6. The van der Waals surface area contributed by atoms with Crippen LogP contribution >= 0.6 is 11.6 Å². The molecule has 2 fully saturated rings. The molecule has 0 aliphatic carbocycles. The van der Waals surface area contributed by atoms with Crippen molar-refractivity contribution >= 4 is 23.4 Å². The number of rotatable bonds is 8. The largest absolute Gasteiger partial charge is 0.490 e. The van der Waals surface area contributed by atoms with Crippen LogP contribution in [0.25, 0.3) is 0 Å². The Labute approximate surface area is 229 Å². The minimum absolute atomic E-state index is 0.0157. The van der Waals surface area contributed by atoms with E-state index in [2.05, 4.69) is 10.2 Å². The second kappa shape index (κ2) is 12.5. The van der Waals surface area contributed by atoms with E-state index >= 15 is 0 Å². The van der Waals surface area contributed by atoms with Gasteiger partial charge in [-0.05, 0) is 67.6 Å². The Kier molecular flexibility index (Phi) is 9.28. The minimum Gasteiger partial charge on any atom is -0.490 e. The van der Waals surface area contributed by atoms with Crippen LogP contribution in [0, 0.1) is 19.7 Å². The number of hydrogen-bond acceptors (Lipinski definition) is 5. The maximum atomic E-state index is 13.5. The zero-order valence-corrected chi connectivity index (χ0v) is 23.2. The fraction of sp³-hybridized carbons (Fsp3) is 0.517. The number of halogens is 2. The Morgan fingerprint density at radius 3 is 2.42 bits per heavy atom. The molecule has 4 rings (SSSR count). The van der Waals surface area contributed by atoms with Crippen LogP contribution in [0.4, 0.5) is 4.39 Å². The number of carbonyl (C=O) groups excluding carboxylic acids is 2. The maximum absolute atomic E-state index is 13.5. The van der Waals surface area contributed by atoms with E-state index in [0.717, 1.165) is 29.5 Å². The molecular weight excluding hydrogens is 509 g/mol. The zero-order valence-electron chi connectivity index (χ0n) is 22.4. The summed E-state index contributed by atoms with van der Waals surface area (Å²) in [4.78, 5) is 29.0. The van der Waals surface area contributed by atoms with Gasteiger partial charge in [-0.25, -0.2) is 4.39 Å². The Hall–Kier alpha value is -2.68. The summed E-state index contributed by atoms with van der Waals surface area (Å²) in [6, 6.07) is 10.4. The first-order chi connectivity index (χ1) is 18.1. The van der Waals surface area contributed by atoms with Gasteiger partial charge in [-0.3, -0.25) is 14.5 Å². The van der Waals surface area contributed by atoms with E-state index in [9.17, 15) is 14.0 Å². The number of nitrogens with zero attached hydrogens (tertiary/aromatic N) is 2. The van der Waals surface area contributed by atoms with Crippen LogP contribution < -0.4 is 10.1 Å². The van der Waals surface area contributed by atoms with Crippen molar-refractivity contribution in [2.24, 2.45) is 0 Å². The summed E-state index contributed by atoms with van der Waals surface area (Å²) < 4.78 is 26.0. The van der Waals surface area contributed by atoms with Crippen LogP contribution in [0.5, 0.6) is 5.75 Å². The SMILES string of the molecule is CC(=O)NC1CCN(C(=O)C[C@]2(COc3cc(C)c(Cl)c(C)c3)CN(Cc3ccc(F)cc3)CCO2)CC1. The van der Waals surface area contributed by atoms with E-state index in [1.54, 1.807) is 12.1 Å². The molecule has 2 saturated heterocycles. The van der Waals surface area contributed by atoms with E-state index in [1.807, 2.05) is 30.9 Å². The molecule has 9 heteroatoms. The molecule has 2 aliphatic heterocycles. The zero-order chi connectivity index (χ0) is 27.3. The van der Waals surface area contributed by atoms with Crippen molar-refractivity contribution in [1.29, 1.82) is 0 Å². The van der Waals surface area contributed by atoms with Crippen LogP contribution in [0.1, 0.15) is 42.9 Å². The predicted octanol–water partition coefficient (Wildman–Crippen LogP) is 4.26. The van der Waals surface area contributed by atoms with Gasteiger partial charge in [0.1, 0.15) is 23.8 Å². The number of carbonyl (C=O) groups is 2. The third-order valence-corrected chi connectivity index (χ3v) is 7.88. The van der Waals surface area contributed by atoms with E-state index in [4.69, 9.17) is 21.1 Å². The summed E-state index contributed by atoms with van der Waals surface area (Å²) in [6.07, 6.45) is 1.65. The number of aryl methyl sites for hydroxylation is 2. The normalized spacial score (nSPS) is 20.8. The van der Waals surface area contributed by atoms with Gasteiger partial charge in [-0.1, -0.05) is 23.7 Å². The highest BCUT2D eigenvalue weighted by Gasteiger charge is 2.41. The van der Waals surface area contributed by atoms with E-state index in [-0.39, 0.29) is 36.7 Å². The molecule has 1 N–H and O–H groups in total. The van der Waals surface area contributed by atoms with Gasteiger partial charge in [0.25, 0.3) is 0 Å². The van der Waals surface area contributed by atoms with Crippen molar-refractivity contribution in [2.45, 2.75) is 58.2 Å². The van der Waals surface area contributed by atoms with Gasteiger partial charge in [0, 0.05) is 50.7 Å². The lowest BCUT2D eigenvalue weighted by atomic mass is 9.95. The van der Waals surface area contributed by atoms with Gasteiger partial charge < -0.3 is 19.7 Å². The fourth-order valence-corrected chi connectivity index (χ4v) is 5.41. The molecule has 2 aromatic rings. The quantitative estimate of drug-likeness (QED) is 0.536. The topological polar surface area (TPSA) is 71.1 Å². The Bertz CT molecular complexity index is 1110. The fourth-order valence-electron chi connectivity index (χ4n) is 5.30. The molecule has 2 amide bonds. The molecule has 1 atom stereocenters. The van der Waals surface area contributed by atoms with Crippen LogP contribution in [0.3, 0.4) is 0 Å². The van der Waals surface area contributed by atoms with Gasteiger partial charge in [-0.2, -0.15) is 0 Å². The number of benzene rings is 2. The van der Waals surface area contributed by atoms with Crippen molar-refractivity contribution < 1.29 is 23.5 Å². The predicted molar refractivity (Wildman–Crippen MR) is 145 cm³/mol. The molecule has 0 bridgehead atoms. The third kappa shape index (κ3) is 7.46. The van der Waals surface area contributed by atoms with Gasteiger partial charge in [0.15, 0.2) is 0 Å². The first-order valence-electron chi connectivity index (χ1n) is 13.2. The molecule has 0 unspecified atom stereocenters. The van der Waals surface area contributed by atoms with Crippen molar-refractivity contribution in [3.05, 3.63) is 63.9 Å². The molecular formula is C29H37ClFN3O4. The molecule has 38 heavy (non-hydrogen) atoms. The van der Waals surface area contributed by atoms with Crippen LogP contribution in [-0.4, -0.2) is 72.6 Å². The smallest absolute Gasteiger partial charge is 0.225 e. The van der Waals surface area contributed by atoms with Crippen LogP contribution in [-0.2, 0) is 20.9 Å². The lowest BCUT2D eigenvalue weighted by Gasteiger charge is -2.43. The van der Waals surface area contributed by atoms with Gasteiger partial charge in [0.2, 0.25) is 11.8 Å². The van der Waals surface area contributed by atoms with Crippen molar-refractivity contribution in [3.63, 3.8) is 0 Å². The average Bonchev–Trinajstić information content (AvgIpc) is 2.87. The number of likely N-dealkylation sites (tertiary alicyclic amines) is 1. The number of morpholine rings is 1. The number of nitrogens with one attached hydrogen (secondary N) is 1.